The van der Waals surface area contributed by atoms with Gasteiger partial charge in [0.25, 0.3) is 0 Å². The topological polar surface area (TPSA) is 48.0 Å². The van der Waals surface area contributed by atoms with E-state index in [1.54, 1.807) is 0 Å². The second kappa shape index (κ2) is 6.00. The predicted molar refractivity (Wildman–Crippen MR) is 111 cm³/mol. The van der Waals surface area contributed by atoms with Crippen LogP contribution in [0.4, 0.5) is 5.69 Å². The van der Waals surface area contributed by atoms with Gasteiger partial charge in [0.1, 0.15) is 17.8 Å². The van der Waals surface area contributed by atoms with E-state index in [0.29, 0.717) is 23.8 Å². The fourth-order valence-corrected chi connectivity index (χ4v) is 4.76. The van der Waals surface area contributed by atoms with Crippen molar-refractivity contribution in [2.45, 2.75) is 12.0 Å². The van der Waals surface area contributed by atoms with Crippen LogP contribution in [0, 0.1) is 0 Å². The summed E-state index contributed by atoms with van der Waals surface area (Å²) in [6.45, 7) is 0.966. The first-order valence-electron chi connectivity index (χ1n) is 9.40. The van der Waals surface area contributed by atoms with Crippen molar-refractivity contribution in [2.24, 2.45) is 0 Å². The molecule has 0 aliphatic carbocycles. The number of fused-ring (bicyclic) bond motifs is 5. The van der Waals surface area contributed by atoms with Crippen LogP contribution >= 0.6 is 15.9 Å². The molecule has 0 saturated heterocycles. The standard InChI is InChI=1S/C23H16BrNO4/c24-15-7-5-14(6-8-15)11-25-18-4-2-1-3-16(18)23(22(25)26)12-27-19-10-21-20(9-17(19)23)28-13-29-21/h1-10H,11-13H2. The molecule has 5 nitrogen and oxygen atoms in total. The lowest BCUT2D eigenvalue weighted by molar-refractivity contribution is -0.122. The summed E-state index contributed by atoms with van der Waals surface area (Å²) in [5, 5.41) is 0. The molecule has 6 heteroatoms. The highest BCUT2D eigenvalue weighted by molar-refractivity contribution is 9.10. The van der Waals surface area contributed by atoms with Crippen LogP contribution in [-0.4, -0.2) is 19.3 Å². The number of hydrogen-bond donors (Lipinski definition) is 0. The van der Waals surface area contributed by atoms with Crippen molar-refractivity contribution in [2.75, 3.05) is 18.3 Å². The number of ether oxygens (including phenoxy) is 3. The average Bonchev–Trinajstić information content (AvgIpc) is 3.41. The molecule has 0 fully saturated rings. The quantitative estimate of drug-likeness (QED) is 0.581. The zero-order valence-corrected chi connectivity index (χ0v) is 16.9. The molecule has 1 amide bonds. The van der Waals surface area contributed by atoms with Crippen LogP contribution in [0.25, 0.3) is 0 Å². The van der Waals surface area contributed by atoms with Gasteiger partial charge in [-0.25, -0.2) is 0 Å². The number of carbonyl (C=O) groups excluding carboxylic acids is 1. The minimum atomic E-state index is -0.859. The molecule has 0 bridgehead atoms. The van der Waals surface area contributed by atoms with E-state index in [2.05, 4.69) is 15.9 Å². The monoisotopic (exact) mass is 449 g/mol. The van der Waals surface area contributed by atoms with E-state index >= 15 is 0 Å². The van der Waals surface area contributed by atoms with Crippen molar-refractivity contribution in [3.63, 3.8) is 0 Å². The van der Waals surface area contributed by atoms with E-state index in [-0.39, 0.29) is 19.3 Å². The second-order valence-corrected chi connectivity index (χ2v) is 8.35. The van der Waals surface area contributed by atoms with E-state index in [0.717, 1.165) is 26.9 Å². The van der Waals surface area contributed by atoms with Gasteiger partial charge < -0.3 is 19.1 Å². The summed E-state index contributed by atoms with van der Waals surface area (Å²) >= 11 is 3.47. The molecule has 1 atom stereocenters. The van der Waals surface area contributed by atoms with Crippen molar-refractivity contribution in [1.29, 1.82) is 0 Å². The van der Waals surface area contributed by atoms with Gasteiger partial charge in [-0.05, 0) is 35.4 Å². The Balaban J connectivity index is 1.49. The Morgan fingerprint density at radius 3 is 2.48 bits per heavy atom. The van der Waals surface area contributed by atoms with Crippen LogP contribution in [0.3, 0.4) is 0 Å². The molecule has 29 heavy (non-hydrogen) atoms. The summed E-state index contributed by atoms with van der Waals surface area (Å²) < 4.78 is 18.1. The molecule has 6 rings (SSSR count). The van der Waals surface area contributed by atoms with Gasteiger partial charge in [0.15, 0.2) is 11.5 Å². The minimum Gasteiger partial charge on any atom is -0.491 e. The third-order valence-corrected chi connectivity index (χ3v) is 6.43. The van der Waals surface area contributed by atoms with E-state index < -0.39 is 5.41 Å². The number of amides is 1. The highest BCUT2D eigenvalue weighted by Gasteiger charge is 2.57. The van der Waals surface area contributed by atoms with Crippen molar-refractivity contribution in [3.05, 3.63) is 81.8 Å². The average molecular weight is 450 g/mol. The summed E-state index contributed by atoms with van der Waals surface area (Å²) in [6, 6.07) is 19.8. The molecule has 3 aliphatic rings. The number of benzene rings is 3. The highest BCUT2D eigenvalue weighted by Crippen LogP contribution is 2.55. The normalized spacial score (nSPS) is 20.7. The van der Waals surface area contributed by atoms with Crippen LogP contribution < -0.4 is 19.1 Å². The number of nitrogens with zero attached hydrogens (tertiary/aromatic N) is 1. The smallest absolute Gasteiger partial charge is 0.246 e. The second-order valence-electron chi connectivity index (χ2n) is 7.43. The summed E-state index contributed by atoms with van der Waals surface area (Å²) in [6.07, 6.45) is 0. The number of carbonyl (C=O) groups is 1. The molecule has 1 unspecified atom stereocenters. The zero-order chi connectivity index (χ0) is 19.6. The lowest BCUT2D eigenvalue weighted by Gasteiger charge is -2.23. The van der Waals surface area contributed by atoms with Crippen LogP contribution in [0.1, 0.15) is 16.7 Å². The van der Waals surface area contributed by atoms with Crippen molar-refractivity contribution in [1.82, 2.24) is 0 Å². The van der Waals surface area contributed by atoms with Crippen molar-refractivity contribution < 1.29 is 19.0 Å². The summed E-state index contributed by atoms with van der Waals surface area (Å²) in [4.78, 5) is 15.7. The molecule has 3 aromatic carbocycles. The Kier molecular flexibility index (Phi) is 3.50. The third-order valence-electron chi connectivity index (χ3n) is 5.90. The Labute approximate surface area is 175 Å². The molecule has 0 radical (unpaired) electrons. The maximum absolute atomic E-state index is 13.9. The summed E-state index contributed by atoms with van der Waals surface area (Å²) in [5.41, 5.74) is 2.95. The maximum atomic E-state index is 13.9. The third kappa shape index (κ3) is 2.29. The van der Waals surface area contributed by atoms with E-state index in [1.807, 2.05) is 65.6 Å². The lowest BCUT2D eigenvalue weighted by Crippen LogP contribution is -2.42. The number of anilines is 1. The SMILES string of the molecule is O=C1N(Cc2ccc(Br)cc2)c2ccccc2C12COc1cc3c(cc12)OCO3. The highest BCUT2D eigenvalue weighted by atomic mass is 79.9. The lowest BCUT2D eigenvalue weighted by atomic mass is 9.77. The number of para-hydroxylation sites is 1. The van der Waals surface area contributed by atoms with Gasteiger partial charge >= 0.3 is 0 Å². The number of rotatable bonds is 2. The molecule has 0 aromatic heterocycles. The molecule has 3 heterocycles. The Hall–Kier alpha value is -2.99. The molecule has 0 N–H and O–H groups in total. The van der Waals surface area contributed by atoms with Gasteiger partial charge in [-0.2, -0.15) is 0 Å². The fraction of sp³-hybridized carbons (Fsp3) is 0.174. The summed E-state index contributed by atoms with van der Waals surface area (Å²) in [7, 11) is 0. The molecule has 0 saturated carbocycles. The van der Waals surface area contributed by atoms with Crippen LogP contribution in [0.15, 0.2) is 65.1 Å². The number of halogens is 1. The molecule has 3 aromatic rings. The van der Waals surface area contributed by atoms with Gasteiger partial charge in [0, 0.05) is 21.8 Å². The molecule has 144 valence electrons. The van der Waals surface area contributed by atoms with Gasteiger partial charge in [-0.1, -0.05) is 46.3 Å². The van der Waals surface area contributed by atoms with E-state index in [9.17, 15) is 4.79 Å². The van der Waals surface area contributed by atoms with Crippen molar-refractivity contribution >= 4 is 27.5 Å². The largest absolute Gasteiger partial charge is 0.491 e. The molecular formula is C23H16BrNO4. The van der Waals surface area contributed by atoms with Crippen molar-refractivity contribution in [3.8, 4) is 17.2 Å². The first-order chi connectivity index (χ1) is 14.2. The first kappa shape index (κ1) is 16.9. The fourth-order valence-electron chi connectivity index (χ4n) is 4.49. The maximum Gasteiger partial charge on any atom is 0.246 e. The Morgan fingerprint density at radius 1 is 0.897 bits per heavy atom. The summed E-state index contributed by atoms with van der Waals surface area (Å²) in [5.74, 6) is 2.03. The Bertz CT molecular complexity index is 1160. The Morgan fingerprint density at radius 2 is 1.66 bits per heavy atom. The molecule has 1 spiro atoms. The minimum absolute atomic E-state index is 0.0271. The van der Waals surface area contributed by atoms with Gasteiger partial charge in [0.05, 0.1) is 6.54 Å². The van der Waals surface area contributed by atoms with Gasteiger partial charge in [0.2, 0.25) is 12.7 Å². The van der Waals surface area contributed by atoms with Gasteiger partial charge in [-0.3, -0.25) is 4.79 Å². The van der Waals surface area contributed by atoms with E-state index in [4.69, 9.17) is 14.2 Å². The van der Waals surface area contributed by atoms with Crippen LogP contribution in [-0.2, 0) is 16.8 Å². The number of hydrogen-bond acceptors (Lipinski definition) is 4. The van der Waals surface area contributed by atoms with Crippen LogP contribution in [0.2, 0.25) is 0 Å². The zero-order valence-electron chi connectivity index (χ0n) is 15.4. The van der Waals surface area contributed by atoms with Gasteiger partial charge in [-0.15, -0.1) is 0 Å². The first-order valence-corrected chi connectivity index (χ1v) is 10.2. The molecular weight excluding hydrogens is 434 g/mol. The predicted octanol–water partition coefficient (Wildman–Crippen LogP) is 4.40. The van der Waals surface area contributed by atoms with Crippen LogP contribution in [0.5, 0.6) is 17.2 Å². The van der Waals surface area contributed by atoms with E-state index in [1.165, 1.54) is 0 Å². The molecule has 3 aliphatic heterocycles.